The fraction of sp³-hybridized carbons (Fsp3) is 0.933. The standard InChI is InChI=1S/C15H26N2O2.ClH/c18-15(8-7-12-4-3-9-16-12)17-10-11-19-14-6-2-1-5-13(14)17;/h12-14,16H,1-11H2;1H. The highest BCUT2D eigenvalue weighted by molar-refractivity contribution is 5.85. The highest BCUT2D eigenvalue weighted by atomic mass is 35.5. The van der Waals surface area contributed by atoms with Crippen molar-refractivity contribution in [2.24, 2.45) is 0 Å². The lowest BCUT2D eigenvalue weighted by molar-refractivity contribution is -0.149. The Morgan fingerprint density at radius 3 is 2.85 bits per heavy atom. The first-order valence-electron chi connectivity index (χ1n) is 7.99. The van der Waals surface area contributed by atoms with Crippen molar-refractivity contribution in [1.82, 2.24) is 10.2 Å². The third-order valence-corrected chi connectivity index (χ3v) is 4.92. The van der Waals surface area contributed by atoms with Gasteiger partial charge in [0.05, 0.1) is 18.8 Å². The molecule has 2 heterocycles. The molecule has 3 atom stereocenters. The molecule has 0 spiro atoms. The van der Waals surface area contributed by atoms with Gasteiger partial charge in [0, 0.05) is 19.0 Å². The molecule has 2 aliphatic heterocycles. The summed E-state index contributed by atoms with van der Waals surface area (Å²) in [7, 11) is 0. The SMILES string of the molecule is Cl.O=C(CCC1CCCN1)N1CCOC2CCCCC21. The normalized spacial score (nSPS) is 33.4. The largest absolute Gasteiger partial charge is 0.374 e. The van der Waals surface area contributed by atoms with Crippen LogP contribution >= 0.6 is 12.4 Å². The van der Waals surface area contributed by atoms with Crippen molar-refractivity contribution in [1.29, 1.82) is 0 Å². The molecule has 116 valence electrons. The Balaban J connectivity index is 0.00000147. The Morgan fingerprint density at radius 2 is 2.05 bits per heavy atom. The van der Waals surface area contributed by atoms with Gasteiger partial charge in [-0.05, 0) is 38.6 Å². The van der Waals surface area contributed by atoms with E-state index < -0.39 is 0 Å². The van der Waals surface area contributed by atoms with Crippen molar-refractivity contribution in [2.45, 2.75) is 69.6 Å². The number of morpholine rings is 1. The molecule has 0 aromatic carbocycles. The van der Waals surface area contributed by atoms with E-state index in [0.717, 1.165) is 39.0 Å². The third-order valence-electron chi connectivity index (χ3n) is 4.92. The van der Waals surface area contributed by atoms with Gasteiger partial charge in [0.15, 0.2) is 0 Å². The summed E-state index contributed by atoms with van der Waals surface area (Å²) in [5, 5.41) is 3.48. The van der Waals surface area contributed by atoms with E-state index in [2.05, 4.69) is 10.2 Å². The fourth-order valence-corrected chi connectivity index (χ4v) is 3.85. The maximum absolute atomic E-state index is 12.5. The number of rotatable bonds is 3. The van der Waals surface area contributed by atoms with E-state index in [0.29, 0.717) is 30.5 Å². The summed E-state index contributed by atoms with van der Waals surface area (Å²) >= 11 is 0. The second-order valence-corrected chi connectivity index (χ2v) is 6.18. The van der Waals surface area contributed by atoms with Crippen LogP contribution in [-0.2, 0) is 9.53 Å². The van der Waals surface area contributed by atoms with Crippen molar-refractivity contribution < 1.29 is 9.53 Å². The predicted octanol–water partition coefficient (Wildman–Crippen LogP) is 2.11. The van der Waals surface area contributed by atoms with Crippen LogP contribution in [0.15, 0.2) is 0 Å². The van der Waals surface area contributed by atoms with Crippen LogP contribution in [0.5, 0.6) is 0 Å². The topological polar surface area (TPSA) is 41.6 Å². The van der Waals surface area contributed by atoms with E-state index in [1.807, 2.05) is 0 Å². The van der Waals surface area contributed by atoms with Gasteiger partial charge in [-0.25, -0.2) is 0 Å². The molecule has 0 aromatic heterocycles. The molecule has 20 heavy (non-hydrogen) atoms. The van der Waals surface area contributed by atoms with Crippen LogP contribution in [0.2, 0.25) is 0 Å². The summed E-state index contributed by atoms with van der Waals surface area (Å²) < 4.78 is 5.83. The molecule has 3 aliphatic rings. The molecule has 0 radical (unpaired) electrons. The van der Waals surface area contributed by atoms with Gasteiger partial charge < -0.3 is 15.0 Å². The van der Waals surface area contributed by atoms with Crippen molar-refractivity contribution in [2.75, 3.05) is 19.7 Å². The van der Waals surface area contributed by atoms with Gasteiger partial charge in [-0.1, -0.05) is 12.8 Å². The lowest BCUT2D eigenvalue weighted by Gasteiger charge is -2.44. The summed E-state index contributed by atoms with van der Waals surface area (Å²) in [5.74, 6) is 0.355. The van der Waals surface area contributed by atoms with Gasteiger partial charge in [0.2, 0.25) is 5.91 Å². The molecule has 1 aliphatic carbocycles. The second-order valence-electron chi connectivity index (χ2n) is 6.18. The number of hydrogen-bond acceptors (Lipinski definition) is 3. The molecular formula is C15H27ClN2O2. The number of ether oxygens (including phenoxy) is 1. The molecule has 1 saturated carbocycles. The molecule has 0 aromatic rings. The minimum atomic E-state index is 0. The zero-order valence-electron chi connectivity index (χ0n) is 12.2. The van der Waals surface area contributed by atoms with E-state index in [4.69, 9.17) is 4.74 Å². The minimum Gasteiger partial charge on any atom is -0.374 e. The third kappa shape index (κ3) is 3.66. The number of hydrogen-bond donors (Lipinski definition) is 1. The molecule has 3 rings (SSSR count). The summed E-state index contributed by atoms with van der Waals surface area (Å²) in [4.78, 5) is 14.6. The molecule has 0 bridgehead atoms. The minimum absolute atomic E-state index is 0. The molecule has 4 nitrogen and oxygen atoms in total. The van der Waals surface area contributed by atoms with Crippen LogP contribution in [0.3, 0.4) is 0 Å². The van der Waals surface area contributed by atoms with Gasteiger partial charge in [-0.15, -0.1) is 12.4 Å². The van der Waals surface area contributed by atoms with Crippen LogP contribution in [-0.4, -0.2) is 48.7 Å². The number of halogens is 1. The van der Waals surface area contributed by atoms with Gasteiger partial charge in [-0.2, -0.15) is 0 Å². The summed E-state index contributed by atoms with van der Waals surface area (Å²) in [5.41, 5.74) is 0. The van der Waals surface area contributed by atoms with Gasteiger partial charge in [0.25, 0.3) is 0 Å². The van der Waals surface area contributed by atoms with Gasteiger partial charge >= 0.3 is 0 Å². The molecular weight excluding hydrogens is 276 g/mol. The van der Waals surface area contributed by atoms with E-state index in [-0.39, 0.29) is 12.4 Å². The molecule has 2 saturated heterocycles. The lowest BCUT2D eigenvalue weighted by atomic mass is 9.90. The maximum Gasteiger partial charge on any atom is 0.223 e. The molecule has 3 fully saturated rings. The first kappa shape index (κ1) is 16.1. The van der Waals surface area contributed by atoms with Crippen LogP contribution in [0.25, 0.3) is 0 Å². The quantitative estimate of drug-likeness (QED) is 0.868. The fourth-order valence-electron chi connectivity index (χ4n) is 3.85. The Hall–Kier alpha value is -0.320. The molecule has 5 heteroatoms. The Labute approximate surface area is 128 Å². The Bertz CT molecular complexity index is 319. The van der Waals surface area contributed by atoms with E-state index in [1.54, 1.807) is 0 Å². The Kier molecular flexibility index (Phi) is 6.12. The van der Waals surface area contributed by atoms with E-state index in [1.165, 1.54) is 25.7 Å². The summed E-state index contributed by atoms with van der Waals surface area (Å²) in [6.45, 7) is 2.66. The van der Waals surface area contributed by atoms with Crippen LogP contribution < -0.4 is 5.32 Å². The van der Waals surface area contributed by atoms with Crippen molar-refractivity contribution in [3.8, 4) is 0 Å². The highest BCUT2D eigenvalue weighted by Gasteiger charge is 2.36. The Morgan fingerprint density at radius 1 is 1.20 bits per heavy atom. The first-order valence-corrected chi connectivity index (χ1v) is 7.99. The number of nitrogens with zero attached hydrogens (tertiary/aromatic N) is 1. The molecule has 1 amide bonds. The van der Waals surface area contributed by atoms with Crippen LogP contribution in [0, 0.1) is 0 Å². The summed E-state index contributed by atoms with van der Waals surface area (Å²) in [6.07, 6.45) is 9.32. The average Bonchev–Trinajstić information content (AvgIpc) is 2.97. The smallest absolute Gasteiger partial charge is 0.223 e. The monoisotopic (exact) mass is 302 g/mol. The number of carbonyl (C=O) groups excluding carboxylic acids is 1. The number of amides is 1. The lowest BCUT2D eigenvalue weighted by Crippen LogP contribution is -2.54. The average molecular weight is 303 g/mol. The van der Waals surface area contributed by atoms with Crippen LogP contribution in [0.1, 0.15) is 51.4 Å². The number of fused-ring (bicyclic) bond motifs is 1. The summed E-state index contributed by atoms with van der Waals surface area (Å²) in [6, 6.07) is 0.943. The first-order chi connectivity index (χ1) is 9.34. The molecule has 1 N–H and O–H groups in total. The van der Waals surface area contributed by atoms with Crippen molar-refractivity contribution in [3.05, 3.63) is 0 Å². The van der Waals surface area contributed by atoms with Crippen molar-refractivity contribution >= 4 is 18.3 Å². The van der Waals surface area contributed by atoms with Gasteiger partial charge in [-0.3, -0.25) is 4.79 Å². The van der Waals surface area contributed by atoms with Crippen molar-refractivity contribution in [3.63, 3.8) is 0 Å². The van der Waals surface area contributed by atoms with Gasteiger partial charge in [0.1, 0.15) is 0 Å². The van der Waals surface area contributed by atoms with E-state index >= 15 is 0 Å². The zero-order chi connectivity index (χ0) is 13.1. The highest BCUT2D eigenvalue weighted by Crippen LogP contribution is 2.29. The number of carbonyl (C=O) groups is 1. The molecule has 3 unspecified atom stereocenters. The van der Waals surface area contributed by atoms with Crippen LogP contribution in [0.4, 0.5) is 0 Å². The zero-order valence-corrected chi connectivity index (χ0v) is 13.0. The maximum atomic E-state index is 12.5. The second kappa shape index (κ2) is 7.62. The predicted molar refractivity (Wildman–Crippen MR) is 81.2 cm³/mol. The number of nitrogens with one attached hydrogen (secondary N) is 1. The van der Waals surface area contributed by atoms with E-state index in [9.17, 15) is 4.79 Å².